The van der Waals surface area contributed by atoms with Crippen LogP contribution >= 0.6 is 0 Å². The van der Waals surface area contributed by atoms with Crippen molar-refractivity contribution in [3.05, 3.63) is 90.3 Å². The number of rotatable bonds is 4. The number of aryl methyl sites for hydroxylation is 2. The van der Waals surface area contributed by atoms with Crippen molar-refractivity contribution >= 4 is 12.6 Å². The SMILES string of the molecule is Cc1cc(C)n(-c2cccc(Oc3cccc(B4Oc5ccccc5O4)c3)c2)n1. The maximum atomic E-state index is 6.11. The summed E-state index contributed by atoms with van der Waals surface area (Å²) in [4.78, 5) is 0. The monoisotopic (exact) mass is 382 g/mol. The van der Waals surface area contributed by atoms with Crippen molar-refractivity contribution in [2.24, 2.45) is 0 Å². The molecular weight excluding hydrogens is 363 g/mol. The Kier molecular flexibility index (Phi) is 4.24. The minimum Gasteiger partial charge on any atom is -0.519 e. The normalized spacial score (nSPS) is 12.3. The Balaban J connectivity index is 1.38. The van der Waals surface area contributed by atoms with Crippen molar-refractivity contribution in [3.8, 4) is 28.7 Å². The molecule has 0 aliphatic carbocycles. The lowest BCUT2D eigenvalue weighted by Gasteiger charge is -2.11. The lowest BCUT2D eigenvalue weighted by molar-refractivity contribution is 0.481. The van der Waals surface area contributed by atoms with Gasteiger partial charge in [-0.2, -0.15) is 5.10 Å². The van der Waals surface area contributed by atoms with Crippen LogP contribution in [0.15, 0.2) is 78.9 Å². The molecular formula is C23H19BN2O3. The van der Waals surface area contributed by atoms with E-state index >= 15 is 0 Å². The van der Waals surface area contributed by atoms with Crippen LogP contribution in [0.3, 0.4) is 0 Å². The van der Waals surface area contributed by atoms with Crippen molar-refractivity contribution in [3.63, 3.8) is 0 Å². The minimum absolute atomic E-state index is 0.475. The third-order valence-electron chi connectivity index (χ3n) is 4.75. The third kappa shape index (κ3) is 3.45. The largest absolute Gasteiger partial charge is 0.632 e. The van der Waals surface area contributed by atoms with E-state index in [-0.39, 0.29) is 0 Å². The van der Waals surface area contributed by atoms with Gasteiger partial charge >= 0.3 is 7.12 Å². The highest BCUT2D eigenvalue weighted by Gasteiger charge is 2.33. The Morgan fingerprint density at radius 3 is 2.17 bits per heavy atom. The summed E-state index contributed by atoms with van der Waals surface area (Å²) in [6.07, 6.45) is 0. The van der Waals surface area contributed by atoms with E-state index in [1.807, 2.05) is 91.3 Å². The molecule has 0 bridgehead atoms. The van der Waals surface area contributed by atoms with Crippen LogP contribution < -0.4 is 19.5 Å². The molecule has 4 aromatic rings. The second kappa shape index (κ2) is 7.06. The molecule has 0 amide bonds. The molecule has 0 saturated carbocycles. The predicted molar refractivity (Wildman–Crippen MR) is 113 cm³/mol. The molecule has 1 aliphatic rings. The summed E-state index contributed by atoms with van der Waals surface area (Å²) in [7, 11) is -0.475. The molecule has 1 aromatic heterocycles. The van der Waals surface area contributed by atoms with Crippen molar-refractivity contribution in [2.45, 2.75) is 13.8 Å². The number of hydrogen-bond donors (Lipinski definition) is 0. The molecule has 29 heavy (non-hydrogen) atoms. The zero-order valence-electron chi connectivity index (χ0n) is 16.2. The molecule has 0 fully saturated rings. The van der Waals surface area contributed by atoms with Gasteiger partial charge in [0, 0.05) is 17.2 Å². The minimum atomic E-state index is -0.475. The number of aromatic nitrogens is 2. The first-order valence-electron chi connectivity index (χ1n) is 9.49. The van der Waals surface area contributed by atoms with Crippen LogP contribution in [-0.2, 0) is 0 Å². The number of fused-ring (bicyclic) bond motifs is 1. The van der Waals surface area contributed by atoms with E-state index in [9.17, 15) is 0 Å². The van der Waals surface area contributed by atoms with E-state index in [1.165, 1.54) is 0 Å². The fourth-order valence-electron chi connectivity index (χ4n) is 3.47. The summed E-state index contributed by atoms with van der Waals surface area (Å²) in [5.41, 5.74) is 3.92. The zero-order chi connectivity index (χ0) is 19.8. The second-order valence-electron chi connectivity index (χ2n) is 7.03. The Bertz CT molecular complexity index is 1160. The van der Waals surface area contributed by atoms with Crippen LogP contribution in [0.2, 0.25) is 0 Å². The second-order valence-corrected chi connectivity index (χ2v) is 7.03. The van der Waals surface area contributed by atoms with Crippen LogP contribution in [0.1, 0.15) is 11.4 Å². The van der Waals surface area contributed by atoms with Gasteiger partial charge in [0.1, 0.15) is 23.0 Å². The molecule has 0 spiro atoms. The fourth-order valence-corrected chi connectivity index (χ4v) is 3.47. The maximum absolute atomic E-state index is 6.11. The lowest BCUT2D eigenvalue weighted by atomic mass is 9.79. The van der Waals surface area contributed by atoms with E-state index in [0.717, 1.165) is 45.5 Å². The highest BCUT2D eigenvalue weighted by Crippen LogP contribution is 2.33. The summed E-state index contributed by atoms with van der Waals surface area (Å²) in [5.74, 6) is 2.96. The maximum Gasteiger partial charge on any atom is 0.632 e. The molecule has 0 saturated heterocycles. The summed E-state index contributed by atoms with van der Waals surface area (Å²) in [6.45, 7) is 4.03. The molecule has 3 aromatic carbocycles. The van der Waals surface area contributed by atoms with Gasteiger partial charge in [-0.05, 0) is 56.3 Å². The molecule has 5 rings (SSSR count). The van der Waals surface area contributed by atoms with Gasteiger partial charge in [0.2, 0.25) is 0 Å². The Morgan fingerprint density at radius 2 is 1.48 bits per heavy atom. The molecule has 2 heterocycles. The van der Waals surface area contributed by atoms with Crippen molar-refractivity contribution in [1.29, 1.82) is 0 Å². The first-order chi connectivity index (χ1) is 14.2. The Labute approximate surface area is 169 Å². The quantitative estimate of drug-likeness (QED) is 0.490. The molecule has 6 heteroatoms. The van der Waals surface area contributed by atoms with Crippen LogP contribution in [0.25, 0.3) is 5.69 Å². The van der Waals surface area contributed by atoms with Crippen molar-refractivity contribution in [2.75, 3.05) is 0 Å². The molecule has 0 radical (unpaired) electrons. The molecule has 142 valence electrons. The average molecular weight is 382 g/mol. The molecule has 1 aliphatic heterocycles. The van der Waals surface area contributed by atoms with Gasteiger partial charge in [-0.15, -0.1) is 0 Å². The van der Waals surface area contributed by atoms with Gasteiger partial charge in [0.15, 0.2) is 0 Å². The van der Waals surface area contributed by atoms with Gasteiger partial charge in [-0.1, -0.05) is 30.3 Å². The molecule has 0 atom stereocenters. The van der Waals surface area contributed by atoms with E-state index in [2.05, 4.69) is 11.2 Å². The number of ether oxygens (including phenoxy) is 1. The van der Waals surface area contributed by atoms with Gasteiger partial charge in [-0.25, -0.2) is 4.68 Å². The predicted octanol–water partition coefficient (Wildman–Crippen LogP) is 4.45. The van der Waals surface area contributed by atoms with E-state index in [0.29, 0.717) is 0 Å². The average Bonchev–Trinajstić information content (AvgIpc) is 3.31. The van der Waals surface area contributed by atoms with Gasteiger partial charge in [-0.3, -0.25) is 0 Å². The lowest BCUT2D eigenvalue weighted by Crippen LogP contribution is -2.38. The van der Waals surface area contributed by atoms with Crippen molar-refractivity contribution < 1.29 is 14.0 Å². The number of para-hydroxylation sites is 2. The third-order valence-corrected chi connectivity index (χ3v) is 4.75. The van der Waals surface area contributed by atoms with Gasteiger partial charge in [0.05, 0.1) is 11.4 Å². The van der Waals surface area contributed by atoms with Gasteiger partial charge in [0.25, 0.3) is 0 Å². The van der Waals surface area contributed by atoms with E-state index in [4.69, 9.17) is 14.0 Å². The summed E-state index contributed by atoms with van der Waals surface area (Å²) < 4.78 is 19.8. The van der Waals surface area contributed by atoms with E-state index < -0.39 is 7.12 Å². The van der Waals surface area contributed by atoms with Crippen LogP contribution in [0.4, 0.5) is 0 Å². The molecule has 0 unspecified atom stereocenters. The van der Waals surface area contributed by atoms with Crippen LogP contribution in [0, 0.1) is 13.8 Å². The van der Waals surface area contributed by atoms with Crippen LogP contribution in [0.5, 0.6) is 23.0 Å². The highest BCUT2D eigenvalue weighted by molar-refractivity contribution is 6.63. The summed E-state index contributed by atoms with van der Waals surface area (Å²) in [6, 6.07) is 25.4. The molecule has 0 N–H and O–H groups in total. The first kappa shape index (κ1) is 17.4. The summed E-state index contributed by atoms with van der Waals surface area (Å²) in [5, 5.41) is 4.54. The van der Waals surface area contributed by atoms with Crippen LogP contribution in [-0.4, -0.2) is 16.9 Å². The van der Waals surface area contributed by atoms with E-state index in [1.54, 1.807) is 0 Å². The smallest absolute Gasteiger partial charge is 0.519 e. The topological polar surface area (TPSA) is 45.5 Å². The molecule has 5 nitrogen and oxygen atoms in total. The summed E-state index contributed by atoms with van der Waals surface area (Å²) >= 11 is 0. The Hall–Kier alpha value is -3.67. The Morgan fingerprint density at radius 1 is 0.793 bits per heavy atom. The number of nitrogens with zero attached hydrogens (tertiary/aromatic N) is 2. The van der Waals surface area contributed by atoms with Crippen molar-refractivity contribution in [1.82, 2.24) is 9.78 Å². The zero-order valence-corrected chi connectivity index (χ0v) is 16.2. The fraction of sp³-hybridized carbons (Fsp3) is 0.0870. The highest BCUT2D eigenvalue weighted by atomic mass is 16.6. The number of benzene rings is 3. The first-order valence-corrected chi connectivity index (χ1v) is 9.49. The van der Waals surface area contributed by atoms with Gasteiger partial charge < -0.3 is 14.0 Å². The standard InChI is InChI=1S/C23H19BN2O3/c1-16-13-17(2)26(25-16)19-8-6-10-21(15-19)27-20-9-5-7-18(14-20)24-28-22-11-3-4-12-23(22)29-24/h3-15H,1-2H3. The number of hydrogen-bond acceptors (Lipinski definition) is 4.